The van der Waals surface area contributed by atoms with Crippen molar-refractivity contribution in [3.8, 4) is 0 Å². The van der Waals surface area contributed by atoms with Crippen molar-refractivity contribution in [3.05, 3.63) is 30.1 Å². The van der Waals surface area contributed by atoms with Gasteiger partial charge in [0.25, 0.3) is 0 Å². The maximum atomic E-state index is 13.8. The predicted octanol–water partition coefficient (Wildman–Crippen LogP) is 4.73. The van der Waals surface area contributed by atoms with E-state index in [1.807, 2.05) is 24.1 Å². The number of hydrogen-bond acceptors (Lipinski definition) is 2. The van der Waals surface area contributed by atoms with E-state index in [0.717, 1.165) is 6.42 Å². The van der Waals surface area contributed by atoms with E-state index in [0.29, 0.717) is 12.2 Å². The van der Waals surface area contributed by atoms with Gasteiger partial charge in [-0.2, -0.15) is 0 Å². The Hall–Kier alpha value is -1.09. The van der Waals surface area contributed by atoms with E-state index in [-0.39, 0.29) is 11.9 Å². The molecule has 0 radical (unpaired) electrons. The van der Waals surface area contributed by atoms with Crippen LogP contribution >= 0.6 is 0 Å². The zero-order valence-electron chi connectivity index (χ0n) is 13.7. The highest BCUT2D eigenvalue weighted by Gasteiger charge is 2.15. The van der Waals surface area contributed by atoms with E-state index in [9.17, 15) is 4.39 Å². The topological polar surface area (TPSA) is 29.3 Å². The van der Waals surface area contributed by atoms with Crippen LogP contribution in [-0.2, 0) is 0 Å². The number of hydrogen-bond donors (Lipinski definition) is 1. The van der Waals surface area contributed by atoms with Crippen LogP contribution in [0.3, 0.4) is 0 Å². The molecule has 0 amide bonds. The van der Waals surface area contributed by atoms with Crippen LogP contribution in [0.5, 0.6) is 0 Å². The van der Waals surface area contributed by atoms with Gasteiger partial charge in [-0.25, -0.2) is 4.39 Å². The van der Waals surface area contributed by atoms with Crippen LogP contribution < -0.4 is 10.6 Å². The highest BCUT2D eigenvalue weighted by atomic mass is 19.1. The number of nitrogens with two attached hydrogens (primary N) is 1. The Kier molecular flexibility index (Phi) is 9.07. The number of benzene rings is 1. The van der Waals surface area contributed by atoms with Crippen molar-refractivity contribution < 1.29 is 4.39 Å². The van der Waals surface area contributed by atoms with Gasteiger partial charge in [0.15, 0.2) is 0 Å². The minimum Gasteiger partial charge on any atom is -0.368 e. The molecule has 0 saturated heterocycles. The fourth-order valence-corrected chi connectivity index (χ4v) is 2.74. The molecule has 0 spiro atoms. The van der Waals surface area contributed by atoms with Crippen molar-refractivity contribution in [3.63, 3.8) is 0 Å². The molecule has 0 aliphatic rings. The van der Waals surface area contributed by atoms with Crippen molar-refractivity contribution in [1.29, 1.82) is 0 Å². The maximum Gasteiger partial charge on any atom is 0.146 e. The molecule has 1 atom stereocenters. The van der Waals surface area contributed by atoms with Crippen molar-refractivity contribution in [2.75, 3.05) is 18.5 Å². The summed E-state index contributed by atoms with van der Waals surface area (Å²) < 4.78 is 13.8. The van der Waals surface area contributed by atoms with Crippen molar-refractivity contribution in [2.45, 2.75) is 64.3 Å². The number of halogens is 1. The van der Waals surface area contributed by atoms with Crippen LogP contribution in [0, 0.1) is 5.82 Å². The average molecular weight is 294 g/mol. The van der Waals surface area contributed by atoms with Crippen molar-refractivity contribution in [1.82, 2.24) is 0 Å². The number of nitrogens with zero attached hydrogens (tertiary/aromatic N) is 1. The Bertz CT molecular complexity index is 381. The number of rotatable bonds is 11. The summed E-state index contributed by atoms with van der Waals surface area (Å²) in [6, 6.07) is 7.14. The fourth-order valence-electron chi connectivity index (χ4n) is 2.74. The van der Waals surface area contributed by atoms with Crippen molar-refractivity contribution >= 4 is 5.69 Å². The maximum absolute atomic E-state index is 13.8. The summed E-state index contributed by atoms with van der Waals surface area (Å²) in [7, 11) is 1.94. The molecule has 0 aliphatic heterocycles. The Labute approximate surface area is 129 Å². The lowest BCUT2D eigenvalue weighted by Crippen LogP contribution is -2.38. The number of unbranched alkanes of at least 4 members (excludes halogenated alkanes) is 6. The first-order chi connectivity index (χ1) is 10.2. The lowest BCUT2D eigenvalue weighted by atomic mass is 10.0. The first-order valence-corrected chi connectivity index (χ1v) is 8.38. The van der Waals surface area contributed by atoms with Crippen LogP contribution in [0.15, 0.2) is 24.3 Å². The average Bonchev–Trinajstić information content (AvgIpc) is 2.50. The second kappa shape index (κ2) is 10.6. The van der Waals surface area contributed by atoms with Crippen LogP contribution in [0.1, 0.15) is 58.3 Å². The lowest BCUT2D eigenvalue weighted by molar-refractivity contribution is 0.514. The lowest BCUT2D eigenvalue weighted by Gasteiger charge is -2.29. The molecule has 0 fully saturated rings. The number of anilines is 1. The molecule has 21 heavy (non-hydrogen) atoms. The summed E-state index contributed by atoms with van der Waals surface area (Å²) in [5, 5.41) is 0. The highest BCUT2D eigenvalue weighted by molar-refractivity contribution is 5.47. The second-order valence-electron chi connectivity index (χ2n) is 5.86. The largest absolute Gasteiger partial charge is 0.368 e. The Morgan fingerprint density at radius 2 is 1.67 bits per heavy atom. The SMILES string of the molecule is CCCCCCCCCC(CN)N(C)c1ccccc1F. The van der Waals surface area contributed by atoms with E-state index in [2.05, 4.69) is 6.92 Å². The molecule has 0 heterocycles. The van der Waals surface area contributed by atoms with Gasteiger partial charge in [0.1, 0.15) is 5.82 Å². The third kappa shape index (κ3) is 6.47. The Balaban J connectivity index is 2.32. The quantitative estimate of drug-likeness (QED) is 0.598. The molecule has 0 aliphatic carbocycles. The second-order valence-corrected chi connectivity index (χ2v) is 5.86. The minimum absolute atomic E-state index is 0.169. The first-order valence-electron chi connectivity index (χ1n) is 8.38. The molecular formula is C18H31FN2. The van der Waals surface area contributed by atoms with Crippen LogP contribution in [0.4, 0.5) is 10.1 Å². The summed E-state index contributed by atoms with van der Waals surface area (Å²) in [4.78, 5) is 1.99. The van der Waals surface area contributed by atoms with E-state index in [1.165, 1.54) is 51.0 Å². The normalized spacial score (nSPS) is 12.4. The molecule has 1 unspecified atom stereocenters. The third-order valence-electron chi connectivity index (χ3n) is 4.19. The first kappa shape index (κ1) is 18.0. The summed E-state index contributed by atoms with van der Waals surface area (Å²) in [6.45, 7) is 2.81. The van der Waals surface area contributed by atoms with E-state index in [4.69, 9.17) is 5.73 Å². The minimum atomic E-state index is -0.169. The zero-order chi connectivity index (χ0) is 15.5. The summed E-state index contributed by atoms with van der Waals surface area (Å²) in [5.74, 6) is -0.169. The van der Waals surface area contributed by atoms with Gasteiger partial charge in [-0.1, -0.05) is 64.0 Å². The number of likely N-dealkylation sites (N-methyl/N-ethyl adjacent to an activating group) is 1. The Morgan fingerprint density at radius 1 is 1.05 bits per heavy atom. The van der Waals surface area contributed by atoms with Gasteiger partial charge in [0.2, 0.25) is 0 Å². The van der Waals surface area contributed by atoms with Gasteiger partial charge < -0.3 is 10.6 Å². The van der Waals surface area contributed by atoms with Gasteiger partial charge >= 0.3 is 0 Å². The summed E-state index contributed by atoms with van der Waals surface area (Å²) in [5.41, 5.74) is 6.53. The van der Waals surface area contributed by atoms with Crippen LogP contribution in [0.2, 0.25) is 0 Å². The molecule has 2 N–H and O–H groups in total. The van der Waals surface area contributed by atoms with Crippen LogP contribution in [0.25, 0.3) is 0 Å². The molecule has 3 heteroatoms. The third-order valence-corrected chi connectivity index (χ3v) is 4.19. The Morgan fingerprint density at radius 3 is 2.29 bits per heavy atom. The monoisotopic (exact) mass is 294 g/mol. The van der Waals surface area contributed by atoms with E-state index < -0.39 is 0 Å². The smallest absolute Gasteiger partial charge is 0.146 e. The van der Waals surface area contributed by atoms with Gasteiger partial charge in [-0.15, -0.1) is 0 Å². The molecule has 1 aromatic carbocycles. The zero-order valence-corrected chi connectivity index (χ0v) is 13.7. The van der Waals surface area contributed by atoms with Crippen LogP contribution in [-0.4, -0.2) is 19.6 Å². The summed E-state index contributed by atoms with van der Waals surface area (Å²) >= 11 is 0. The van der Waals surface area contributed by atoms with E-state index >= 15 is 0 Å². The van der Waals surface area contributed by atoms with E-state index in [1.54, 1.807) is 6.07 Å². The molecule has 0 bridgehead atoms. The summed E-state index contributed by atoms with van der Waals surface area (Å²) in [6.07, 6.45) is 10.1. The number of para-hydroxylation sites is 1. The molecular weight excluding hydrogens is 263 g/mol. The molecule has 2 nitrogen and oxygen atoms in total. The van der Waals surface area contributed by atoms with Gasteiger partial charge in [0.05, 0.1) is 5.69 Å². The molecule has 120 valence electrons. The fraction of sp³-hybridized carbons (Fsp3) is 0.667. The predicted molar refractivity (Wildman–Crippen MR) is 90.3 cm³/mol. The van der Waals surface area contributed by atoms with Crippen molar-refractivity contribution in [2.24, 2.45) is 5.73 Å². The molecule has 0 aromatic heterocycles. The van der Waals surface area contributed by atoms with Gasteiger partial charge in [0, 0.05) is 19.6 Å². The molecule has 1 rings (SSSR count). The van der Waals surface area contributed by atoms with Gasteiger partial charge in [-0.05, 0) is 18.6 Å². The molecule has 0 saturated carbocycles. The standard InChI is InChI=1S/C18H31FN2/c1-3-4-5-6-7-8-9-12-16(15-20)21(2)18-14-11-10-13-17(18)19/h10-11,13-14,16H,3-9,12,15,20H2,1-2H3. The highest BCUT2D eigenvalue weighted by Crippen LogP contribution is 2.21. The van der Waals surface area contributed by atoms with Gasteiger partial charge in [-0.3, -0.25) is 0 Å². The molecule has 1 aromatic rings.